The Labute approximate surface area is 326 Å². The lowest BCUT2D eigenvalue weighted by Crippen LogP contribution is -2.02. The molecule has 11 aromatic rings. The highest BCUT2D eigenvalue weighted by Crippen LogP contribution is 2.43. The lowest BCUT2D eigenvalue weighted by molar-refractivity contribution is 1.07. The maximum Gasteiger partial charge on any atom is 0.166 e. The Morgan fingerprint density at radius 3 is 1.66 bits per heavy atom. The molecular weight excluding hydrogens is 703 g/mol. The molecule has 0 aliphatic carbocycles. The Morgan fingerprint density at radius 2 is 0.964 bits per heavy atom. The number of benzene rings is 7. The van der Waals surface area contributed by atoms with Gasteiger partial charge in [-0.1, -0.05) is 133 Å². The summed E-state index contributed by atoms with van der Waals surface area (Å²) in [5.41, 5.74) is 10.1. The summed E-state index contributed by atoms with van der Waals surface area (Å²) in [5, 5.41) is 4.92. The number of pyridine rings is 1. The molecule has 0 fully saturated rings. The highest BCUT2D eigenvalue weighted by Gasteiger charge is 2.20. The second kappa shape index (κ2) is 13.2. The highest BCUT2D eigenvalue weighted by molar-refractivity contribution is 7.25. The summed E-state index contributed by atoms with van der Waals surface area (Å²) in [6, 6.07) is 63.5. The van der Waals surface area contributed by atoms with E-state index in [2.05, 4.69) is 120 Å². The van der Waals surface area contributed by atoms with Gasteiger partial charge in [-0.2, -0.15) is 0 Å². The molecule has 56 heavy (non-hydrogen) atoms. The van der Waals surface area contributed by atoms with Crippen molar-refractivity contribution in [3.63, 3.8) is 0 Å². The second-order valence-electron chi connectivity index (χ2n) is 13.9. The molecule has 4 aromatic heterocycles. The minimum atomic E-state index is 0.572. The van der Waals surface area contributed by atoms with Crippen molar-refractivity contribution in [2.75, 3.05) is 0 Å². The van der Waals surface area contributed by atoms with Gasteiger partial charge in [0.05, 0.1) is 16.7 Å². The van der Waals surface area contributed by atoms with Crippen molar-refractivity contribution >= 4 is 53.3 Å². The molecule has 0 atom stereocenters. The largest absolute Gasteiger partial charge is 0.309 e. The van der Waals surface area contributed by atoms with E-state index >= 15 is 0 Å². The molecule has 0 amide bonds. The molecule has 7 aromatic carbocycles. The molecule has 262 valence electrons. The summed E-state index contributed by atoms with van der Waals surface area (Å²) in [6.07, 6.45) is 1.96. The van der Waals surface area contributed by atoms with E-state index in [0.29, 0.717) is 17.5 Å². The minimum absolute atomic E-state index is 0.572. The normalized spacial score (nSPS) is 11.6. The predicted molar refractivity (Wildman–Crippen MR) is 232 cm³/mol. The van der Waals surface area contributed by atoms with Crippen molar-refractivity contribution in [2.45, 2.75) is 0 Å². The summed E-state index contributed by atoms with van der Waals surface area (Å²) in [7, 11) is 0. The number of nitrogens with zero attached hydrogens (tertiary/aromatic N) is 5. The Kier molecular flexibility index (Phi) is 7.60. The van der Waals surface area contributed by atoms with Crippen LogP contribution < -0.4 is 0 Å². The Bertz CT molecular complexity index is 3170. The molecule has 4 heterocycles. The van der Waals surface area contributed by atoms with Gasteiger partial charge in [0.1, 0.15) is 0 Å². The topological polar surface area (TPSA) is 56.5 Å². The summed E-state index contributed by atoms with van der Waals surface area (Å²) >= 11 is 1.83. The molecule has 0 spiro atoms. The number of thiophene rings is 1. The smallest absolute Gasteiger partial charge is 0.166 e. The van der Waals surface area contributed by atoms with Crippen LogP contribution >= 0.6 is 11.3 Å². The van der Waals surface area contributed by atoms with E-state index in [1.54, 1.807) is 0 Å². The molecule has 11 rings (SSSR count). The lowest BCUT2D eigenvalue weighted by atomic mass is 9.98. The second-order valence-corrected chi connectivity index (χ2v) is 15.0. The number of fused-ring (bicyclic) bond motifs is 6. The highest BCUT2D eigenvalue weighted by atomic mass is 32.1. The van der Waals surface area contributed by atoms with Crippen LogP contribution in [-0.2, 0) is 0 Å². The SMILES string of the molecule is c1ccc(-c2cnc(-c3ccc4sc5cc6c7ccccc7n(-c7ccccc7)c6cc5c4c3)c(-c3nc(-c4ccccc4)nc(-c4ccccc4)n3)c2)cc1. The van der Waals surface area contributed by atoms with Crippen molar-refractivity contribution < 1.29 is 0 Å². The fraction of sp³-hybridized carbons (Fsp3) is 0. The zero-order valence-corrected chi connectivity index (χ0v) is 30.9. The molecule has 0 aliphatic heterocycles. The molecule has 0 aliphatic rings. The van der Waals surface area contributed by atoms with Crippen LogP contribution in [0.3, 0.4) is 0 Å². The molecule has 0 saturated carbocycles. The molecule has 0 saturated heterocycles. The Hall–Kier alpha value is -7.28. The van der Waals surface area contributed by atoms with Crippen molar-refractivity contribution in [1.82, 2.24) is 24.5 Å². The van der Waals surface area contributed by atoms with Gasteiger partial charge in [-0.3, -0.25) is 4.98 Å². The minimum Gasteiger partial charge on any atom is -0.309 e. The molecule has 0 radical (unpaired) electrons. The zero-order chi connectivity index (χ0) is 37.0. The van der Waals surface area contributed by atoms with Crippen LogP contribution in [0.1, 0.15) is 0 Å². The van der Waals surface area contributed by atoms with Gasteiger partial charge in [0.2, 0.25) is 0 Å². The Balaban J connectivity index is 1.15. The van der Waals surface area contributed by atoms with Crippen LogP contribution in [-0.4, -0.2) is 24.5 Å². The van der Waals surface area contributed by atoms with Gasteiger partial charge in [0.25, 0.3) is 0 Å². The standard InChI is InChI=1S/C50H31N5S/c1-5-15-32(16-6-1)36-28-42(50-53-48(33-17-7-2-8-18-33)52-49(54-50)34-19-9-3-10-20-34)47(51-31-36)35-25-26-45-40(27-35)41-29-44-39(30-46(41)56-45)38-23-13-14-24-43(38)55(44)37-21-11-4-12-22-37/h1-31H. The number of rotatable bonds is 6. The lowest BCUT2D eigenvalue weighted by Gasteiger charge is -2.13. The van der Waals surface area contributed by atoms with Crippen LogP contribution in [0.5, 0.6) is 0 Å². The summed E-state index contributed by atoms with van der Waals surface area (Å²) < 4.78 is 4.87. The maximum absolute atomic E-state index is 5.21. The first-order valence-corrected chi connectivity index (χ1v) is 19.4. The van der Waals surface area contributed by atoms with Gasteiger partial charge in [-0.15, -0.1) is 11.3 Å². The number of hydrogen-bond donors (Lipinski definition) is 0. The van der Waals surface area contributed by atoms with Gasteiger partial charge < -0.3 is 4.57 Å². The van der Waals surface area contributed by atoms with E-state index in [0.717, 1.165) is 44.8 Å². The third kappa shape index (κ3) is 5.46. The van der Waals surface area contributed by atoms with Crippen molar-refractivity contribution in [3.8, 4) is 62.2 Å². The van der Waals surface area contributed by atoms with E-state index in [1.165, 1.54) is 42.0 Å². The van der Waals surface area contributed by atoms with Gasteiger partial charge in [-0.25, -0.2) is 15.0 Å². The van der Waals surface area contributed by atoms with E-state index in [-0.39, 0.29) is 0 Å². The fourth-order valence-corrected chi connectivity index (χ4v) is 8.93. The molecule has 5 nitrogen and oxygen atoms in total. The molecule has 0 bridgehead atoms. The summed E-state index contributed by atoms with van der Waals surface area (Å²) in [4.78, 5) is 20.5. The zero-order valence-electron chi connectivity index (χ0n) is 30.0. The molecule has 6 heteroatoms. The van der Waals surface area contributed by atoms with Gasteiger partial charge >= 0.3 is 0 Å². The van der Waals surface area contributed by atoms with Gasteiger partial charge in [-0.05, 0) is 54.1 Å². The van der Waals surface area contributed by atoms with Crippen LogP contribution in [0.15, 0.2) is 188 Å². The van der Waals surface area contributed by atoms with E-state index in [9.17, 15) is 0 Å². The number of aromatic nitrogens is 5. The first-order chi connectivity index (χ1) is 27.7. The maximum atomic E-state index is 5.21. The first-order valence-electron chi connectivity index (χ1n) is 18.6. The van der Waals surface area contributed by atoms with Crippen molar-refractivity contribution in [2.24, 2.45) is 0 Å². The summed E-state index contributed by atoms with van der Waals surface area (Å²) in [6.45, 7) is 0. The van der Waals surface area contributed by atoms with Crippen LogP contribution in [0.4, 0.5) is 0 Å². The Morgan fingerprint density at radius 1 is 0.375 bits per heavy atom. The van der Waals surface area contributed by atoms with Crippen LogP contribution in [0.2, 0.25) is 0 Å². The number of para-hydroxylation sites is 2. The molecular formula is C50H31N5S. The first kappa shape index (κ1) is 32.2. The van der Waals surface area contributed by atoms with Crippen LogP contribution in [0, 0.1) is 0 Å². The summed E-state index contributed by atoms with van der Waals surface area (Å²) in [5.74, 6) is 1.80. The van der Waals surface area contributed by atoms with Gasteiger partial charge in [0, 0.05) is 70.6 Å². The quantitative estimate of drug-likeness (QED) is 0.171. The van der Waals surface area contributed by atoms with Crippen molar-refractivity contribution in [1.29, 1.82) is 0 Å². The number of hydrogen-bond acceptors (Lipinski definition) is 5. The van der Waals surface area contributed by atoms with E-state index < -0.39 is 0 Å². The fourth-order valence-electron chi connectivity index (χ4n) is 7.82. The van der Waals surface area contributed by atoms with E-state index in [1.807, 2.05) is 84.3 Å². The third-order valence-electron chi connectivity index (χ3n) is 10.5. The molecule has 0 N–H and O–H groups in total. The average Bonchev–Trinajstić information content (AvgIpc) is 3.80. The third-order valence-corrected chi connectivity index (χ3v) is 11.6. The van der Waals surface area contributed by atoms with Crippen LogP contribution in [0.25, 0.3) is 104 Å². The van der Waals surface area contributed by atoms with E-state index in [4.69, 9.17) is 19.9 Å². The average molecular weight is 734 g/mol. The van der Waals surface area contributed by atoms with Gasteiger partial charge in [0.15, 0.2) is 17.5 Å². The predicted octanol–water partition coefficient (Wildman–Crippen LogP) is 13.1. The molecule has 0 unspecified atom stereocenters. The van der Waals surface area contributed by atoms with Crippen molar-refractivity contribution in [3.05, 3.63) is 188 Å². The monoisotopic (exact) mass is 733 g/mol.